The molecule has 1 unspecified atom stereocenters. The molecular formula is C18H24N2O4. The highest BCUT2D eigenvalue weighted by Gasteiger charge is 2.24. The first-order valence-corrected chi connectivity index (χ1v) is 8.50. The SMILES string of the molecule is CC(=O)NCC1CN(C(=O)COc2ccc3c(c2)CCC3)CCO1. The van der Waals surface area contributed by atoms with Gasteiger partial charge in [-0.3, -0.25) is 9.59 Å². The summed E-state index contributed by atoms with van der Waals surface area (Å²) < 4.78 is 11.3. The van der Waals surface area contributed by atoms with Crippen molar-refractivity contribution in [2.75, 3.05) is 32.8 Å². The van der Waals surface area contributed by atoms with Crippen LogP contribution in [0.2, 0.25) is 0 Å². The van der Waals surface area contributed by atoms with Gasteiger partial charge in [0.1, 0.15) is 5.75 Å². The molecule has 0 spiro atoms. The Morgan fingerprint density at radius 2 is 2.17 bits per heavy atom. The van der Waals surface area contributed by atoms with Crippen LogP contribution in [0.5, 0.6) is 5.75 Å². The lowest BCUT2D eigenvalue weighted by Crippen LogP contribution is -2.50. The third-order valence-corrected chi connectivity index (χ3v) is 4.50. The Kier molecular flexibility index (Phi) is 5.35. The smallest absolute Gasteiger partial charge is 0.260 e. The molecule has 2 aliphatic rings. The van der Waals surface area contributed by atoms with E-state index in [0.29, 0.717) is 26.2 Å². The van der Waals surface area contributed by atoms with Gasteiger partial charge in [0.05, 0.1) is 12.7 Å². The fourth-order valence-electron chi connectivity index (χ4n) is 3.20. The van der Waals surface area contributed by atoms with Crippen LogP contribution < -0.4 is 10.1 Å². The lowest BCUT2D eigenvalue weighted by Gasteiger charge is -2.33. The van der Waals surface area contributed by atoms with E-state index in [1.165, 1.54) is 24.5 Å². The normalized spacial score (nSPS) is 19.7. The number of ether oxygens (including phenoxy) is 2. The molecule has 1 aliphatic heterocycles. The average molecular weight is 332 g/mol. The van der Waals surface area contributed by atoms with Gasteiger partial charge in [-0.15, -0.1) is 0 Å². The fraction of sp³-hybridized carbons (Fsp3) is 0.556. The molecule has 6 heteroatoms. The average Bonchev–Trinajstić information content (AvgIpc) is 3.06. The summed E-state index contributed by atoms with van der Waals surface area (Å²) in [6.07, 6.45) is 3.26. The minimum Gasteiger partial charge on any atom is -0.484 e. The second-order valence-electron chi connectivity index (χ2n) is 6.34. The van der Waals surface area contributed by atoms with Crippen LogP contribution in [-0.2, 0) is 27.2 Å². The quantitative estimate of drug-likeness (QED) is 0.871. The van der Waals surface area contributed by atoms with E-state index in [1.807, 2.05) is 6.07 Å². The van der Waals surface area contributed by atoms with Crippen LogP contribution in [0.15, 0.2) is 18.2 Å². The Bertz CT molecular complexity index is 617. The second kappa shape index (κ2) is 7.66. The molecule has 0 aromatic heterocycles. The predicted octanol–water partition coefficient (Wildman–Crippen LogP) is 0.918. The minimum absolute atomic E-state index is 0.0334. The first-order valence-electron chi connectivity index (χ1n) is 8.50. The highest BCUT2D eigenvalue weighted by molar-refractivity contribution is 5.78. The number of nitrogens with one attached hydrogen (secondary N) is 1. The van der Waals surface area contributed by atoms with E-state index in [-0.39, 0.29) is 24.5 Å². The van der Waals surface area contributed by atoms with Crippen LogP contribution in [0.3, 0.4) is 0 Å². The van der Waals surface area contributed by atoms with E-state index in [4.69, 9.17) is 9.47 Å². The minimum atomic E-state index is -0.161. The van der Waals surface area contributed by atoms with E-state index in [1.54, 1.807) is 4.90 Å². The lowest BCUT2D eigenvalue weighted by molar-refractivity contribution is -0.140. The molecule has 1 aromatic carbocycles. The van der Waals surface area contributed by atoms with Gasteiger partial charge in [-0.1, -0.05) is 6.07 Å². The van der Waals surface area contributed by atoms with Crippen LogP contribution in [0.25, 0.3) is 0 Å². The number of amides is 2. The summed E-state index contributed by atoms with van der Waals surface area (Å²) in [7, 11) is 0. The van der Waals surface area contributed by atoms with Crippen molar-refractivity contribution in [2.24, 2.45) is 0 Å². The molecule has 24 heavy (non-hydrogen) atoms. The molecule has 0 bridgehead atoms. The molecule has 0 radical (unpaired) electrons. The molecule has 1 atom stereocenters. The molecule has 1 aromatic rings. The molecule has 1 N–H and O–H groups in total. The largest absolute Gasteiger partial charge is 0.484 e. The predicted molar refractivity (Wildman–Crippen MR) is 89.0 cm³/mol. The van der Waals surface area contributed by atoms with Crippen LogP contribution in [-0.4, -0.2) is 55.7 Å². The van der Waals surface area contributed by atoms with Crippen molar-refractivity contribution in [2.45, 2.75) is 32.3 Å². The zero-order chi connectivity index (χ0) is 16.9. The van der Waals surface area contributed by atoms with Crippen LogP contribution >= 0.6 is 0 Å². The molecule has 1 heterocycles. The van der Waals surface area contributed by atoms with E-state index in [9.17, 15) is 9.59 Å². The molecule has 130 valence electrons. The number of nitrogens with zero attached hydrogens (tertiary/aromatic N) is 1. The van der Waals surface area contributed by atoms with Gasteiger partial charge in [0.2, 0.25) is 5.91 Å². The maximum absolute atomic E-state index is 12.3. The highest BCUT2D eigenvalue weighted by atomic mass is 16.5. The van der Waals surface area contributed by atoms with E-state index in [0.717, 1.165) is 18.6 Å². The maximum atomic E-state index is 12.3. The van der Waals surface area contributed by atoms with Gasteiger partial charge in [0, 0.05) is 26.6 Å². The number of rotatable bonds is 5. The van der Waals surface area contributed by atoms with Crippen molar-refractivity contribution in [3.63, 3.8) is 0 Å². The number of morpholine rings is 1. The Hall–Kier alpha value is -2.08. The monoisotopic (exact) mass is 332 g/mol. The number of benzene rings is 1. The van der Waals surface area contributed by atoms with Crippen LogP contribution in [0.1, 0.15) is 24.5 Å². The summed E-state index contributed by atoms with van der Waals surface area (Å²) in [6.45, 7) is 3.44. The van der Waals surface area contributed by atoms with Crippen LogP contribution in [0, 0.1) is 0 Å². The maximum Gasteiger partial charge on any atom is 0.260 e. The summed E-state index contributed by atoms with van der Waals surface area (Å²) in [5.74, 6) is 0.612. The van der Waals surface area contributed by atoms with Crippen molar-refractivity contribution >= 4 is 11.8 Å². The lowest BCUT2D eigenvalue weighted by atomic mass is 10.1. The van der Waals surface area contributed by atoms with E-state index in [2.05, 4.69) is 17.4 Å². The van der Waals surface area contributed by atoms with Gasteiger partial charge in [-0.05, 0) is 42.5 Å². The number of fused-ring (bicyclic) bond motifs is 1. The molecule has 1 aliphatic carbocycles. The molecule has 1 fully saturated rings. The Morgan fingerprint density at radius 1 is 1.33 bits per heavy atom. The summed E-state index contributed by atoms with van der Waals surface area (Å²) in [5, 5.41) is 2.72. The molecule has 0 saturated carbocycles. The van der Waals surface area contributed by atoms with Crippen molar-refractivity contribution in [1.82, 2.24) is 10.2 Å². The molecule has 3 rings (SSSR count). The summed E-state index contributed by atoms with van der Waals surface area (Å²) in [4.78, 5) is 25.1. The van der Waals surface area contributed by atoms with Crippen molar-refractivity contribution in [3.8, 4) is 5.75 Å². The molecule has 6 nitrogen and oxygen atoms in total. The molecule has 1 saturated heterocycles. The topological polar surface area (TPSA) is 67.9 Å². The van der Waals surface area contributed by atoms with E-state index >= 15 is 0 Å². The first kappa shape index (κ1) is 16.8. The zero-order valence-corrected chi connectivity index (χ0v) is 14.0. The third kappa shape index (κ3) is 4.26. The van der Waals surface area contributed by atoms with Gasteiger partial charge < -0.3 is 19.7 Å². The van der Waals surface area contributed by atoms with Gasteiger partial charge in [-0.25, -0.2) is 0 Å². The highest BCUT2D eigenvalue weighted by Crippen LogP contribution is 2.26. The van der Waals surface area contributed by atoms with Gasteiger partial charge in [0.25, 0.3) is 5.91 Å². The second-order valence-corrected chi connectivity index (χ2v) is 6.34. The van der Waals surface area contributed by atoms with Crippen molar-refractivity contribution < 1.29 is 19.1 Å². The number of hydrogen-bond acceptors (Lipinski definition) is 4. The number of aryl methyl sites for hydroxylation is 2. The Labute approximate surface area is 142 Å². The van der Waals surface area contributed by atoms with E-state index < -0.39 is 0 Å². The van der Waals surface area contributed by atoms with Crippen molar-refractivity contribution in [3.05, 3.63) is 29.3 Å². The molecular weight excluding hydrogens is 308 g/mol. The van der Waals surface area contributed by atoms with Gasteiger partial charge in [0.15, 0.2) is 6.61 Å². The Balaban J connectivity index is 1.48. The van der Waals surface area contributed by atoms with Crippen molar-refractivity contribution in [1.29, 1.82) is 0 Å². The number of hydrogen-bond donors (Lipinski definition) is 1. The van der Waals surface area contributed by atoms with Gasteiger partial charge >= 0.3 is 0 Å². The van der Waals surface area contributed by atoms with Crippen LogP contribution in [0.4, 0.5) is 0 Å². The number of carbonyl (C=O) groups is 2. The number of carbonyl (C=O) groups excluding carboxylic acids is 2. The fourth-order valence-corrected chi connectivity index (χ4v) is 3.20. The Morgan fingerprint density at radius 3 is 3.00 bits per heavy atom. The first-order chi connectivity index (χ1) is 11.6. The third-order valence-electron chi connectivity index (χ3n) is 4.50. The summed E-state index contributed by atoms with van der Waals surface area (Å²) >= 11 is 0. The zero-order valence-electron chi connectivity index (χ0n) is 14.0. The standard InChI is InChI=1S/C18H24N2O4/c1-13(21)19-10-17-11-20(7-8-23-17)18(22)12-24-16-6-5-14-3-2-4-15(14)9-16/h5-6,9,17H,2-4,7-8,10-12H2,1H3,(H,19,21). The van der Waals surface area contributed by atoms with Gasteiger partial charge in [-0.2, -0.15) is 0 Å². The summed E-state index contributed by atoms with van der Waals surface area (Å²) in [5.41, 5.74) is 2.73. The molecule has 2 amide bonds. The summed E-state index contributed by atoms with van der Waals surface area (Å²) in [6, 6.07) is 6.09.